The van der Waals surface area contributed by atoms with Crippen LogP contribution in [0.5, 0.6) is 0 Å². The van der Waals surface area contributed by atoms with E-state index < -0.39 is 21.0 Å². The van der Waals surface area contributed by atoms with Crippen molar-refractivity contribution in [3.63, 3.8) is 0 Å². The van der Waals surface area contributed by atoms with E-state index in [2.05, 4.69) is 5.10 Å². The average molecular weight is 345 g/mol. The minimum absolute atomic E-state index is 0.0749. The van der Waals surface area contributed by atoms with E-state index >= 15 is 0 Å². The van der Waals surface area contributed by atoms with Gasteiger partial charge in [-0.25, -0.2) is 8.42 Å². The molecule has 8 heteroatoms. The molecule has 2 aromatic rings. The minimum atomic E-state index is -3.60. The van der Waals surface area contributed by atoms with E-state index in [-0.39, 0.29) is 5.69 Å². The molecule has 0 saturated heterocycles. The Bertz CT molecular complexity index is 910. The number of nitro benzene ring substituents is 1. The third-order valence-electron chi connectivity index (χ3n) is 3.79. The summed E-state index contributed by atoms with van der Waals surface area (Å²) in [5.74, 6) is 0. The number of benzene rings is 2. The number of hydrazone groups is 1. The maximum absolute atomic E-state index is 12.1. The maximum Gasteiger partial charge on any atom is 0.269 e. The van der Waals surface area contributed by atoms with E-state index in [1.165, 1.54) is 12.1 Å². The fourth-order valence-electron chi connectivity index (χ4n) is 2.69. The van der Waals surface area contributed by atoms with Gasteiger partial charge in [-0.15, -0.1) is 0 Å². The molecular formula is C16H15N3O4S. The predicted octanol–water partition coefficient (Wildman–Crippen LogP) is 2.71. The lowest BCUT2D eigenvalue weighted by Gasteiger charge is -2.21. The van der Waals surface area contributed by atoms with Crippen LogP contribution in [0.2, 0.25) is 0 Å². The highest BCUT2D eigenvalue weighted by molar-refractivity contribution is 7.88. The van der Waals surface area contributed by atoms with Crippen LogP contribution in [-0.4, -0.2) is 29.7 Å². The number of nitrogens with zero attached hydrogens (tertiary/aromatic N) is 3. The Kier molecular flexibility index (Phi) is 4.06. The van der Waals surface area contributed by atoms with Gasteiger partial charge in [0.25, 0.3) is 5.69 Å². The van der Waals surface area contributed by atoms with Crippen molar-refractivity contribution in [3.05, 3.63) is 75.8 Å². The molecule has 0 bridgehead atoms. The largest absolute Gasteiger partial charge is 0.269 e. The molecule has 124 valence electrons. The Morgan fingerprint density at radius 2 is 1.88 bits per heavy atom. The first-order chi connectivity index (χ1) is 11.4. The first-order valence-corrected chi connectivity index (χ1v) is 9.08. The van der Waals surface area contributed by atoms with Gasteiger partial charge in [0.1, 0.15) is 0 Å². The molecule has 2 aromatic carbocycles. The van der Waals surface area contributed by atoms with Crippen LogP contribution in [0.15, 0.2) is 59.7 Å². The lowest BCUT2D eigenvalue weighted by molar-refractivity contribution is -0.384. The second-order valence-electron chi connectivity index (χ2n) is 5.52. The summed E-state index contributed by atoms with van der Waals surface area (Å²) in [6, 6.07) is 14.7. The fraction of sp³-hybridized carbons (Fsp3) is 0.188. The normalized spacial score (nSPS) is 17.6. The van der Waals surface area contributed by atoms with Crippen LogP contribution in [0, 0.1) is 10.1 Å². The number of sulfonamides is 1. The standard InChI is InChI=1S/C16H15N3O4S/c1-24(22,23)18-16(13-8-5-9-14(10-13)19(20)21)11-15(17-18)12-6-3-2-4-7-12/h2-10,16H,11H2,1H3. The second-order valence-corrected chi connectivity index (χ2v) is 7.36. The van der Waals surface area contributed by atoms with Crippen molar-refractivity contribution in [1.82, 2.24) is 4.41 Å². The van der Waals surface area contributed by atoms with Crippen molar-refractivity contribution < 1.29 is 13.3 Å². The number of rotatable bonds is 4. The van der Waals surface area contributed by atoms with Gasteiger partial charge in [0.05, 0.1) is 22.9 Å². The second kappa shape index (κ2) is 6.04. The smallest absolute Gasteiger partial charge is 0.258 e. The van der Waals surface area contributed by atoms with Crippen LogP contribution in [0.3, 0.4) is 0 Å². The Balaban J connectivity index is 2.02. The third-order valence-corrected chi connectivity index (χ3v) is 4.80. The molecule has 0 aromatic heterocycles. The summed E-state index contributed by atoms with van der Waals surface area (Å²) in [5, 5.41) is 15.2. The van der Waals surface area contributed by atoms with Crippen molar-refractivity contribution in [2.45, 2.75) is 12.5 Å². The van der Waals surface area contributed by atoms with Crippen LogP contribution >= 0.6 is 0 Å². The molecule has 24 heavy (non-hydrogen) atoms. The van der Waals surface area contributed by atoms with E-state index in [9.17, 15) is 18.5 Å². The minimum Gasteiger partial charge on any atom is -0.258 e. The number of hydrogen-bond acceptors (Lipinski definition) is 5. The molecule has 1 heterocycles. The van der Waals surface area contributed by atoms with Crippen LogP contribution in [0.4, 0.5) is 5.69 Å². The highest BCUT2D eigenvalue weighted by Crippen LogP contribution is 2.35. The molecule has 0 amide bonds. The summed E-state index contributed by atoms with van der Waals surface area (Å²) in [6.07, 6.45) is 1.44. The quantitative estimate of drug-likeness (QED) is 0.629. The molecule has 0 spiro atoms. The van der Waals surface area contributed by atoms with E-state index in [0.717, 1.165) is 16.2 Å². The average Bonchev–Trinajstić information content (AvgIpc) is 3.01. The molecule has 3 rings (SSSR count). The highest BCUT2D eigenvalue weighted by atomic mass is 32.2. The van der Waals surface area contributed by atoms with Gasteiger partial charge in [0.15, 0.2) is 0 Å². The van der Waals surface area contributed by atoms with Crippen molar-refractivity contribution in [2.24, 2.45) is 5.10 Å². The molecule has 1 atom stereocenters. The van der Waals surface area contributed by atoms with Gasteiger partial charge in [0, 0.05) is 18.6 Å². The first kappa shape index (κ1) is 16.1. The van der Waals surface area contributed by atoms with Crippen molar-refractivity contribution in [2.75, 3.05) is 6.26 Å². The number of nitro groups is 1. The predicted molar refractivity (Wildman–Crippen MR) is 90.1 cm³/mol. The molecule has 0 saturated carbocycles. The molecule has 1 aliphatic rings. The summed E-state index contributed by atoms with van der Waals surface area (Å²) >= 11 is 0. The van der Waals surface area contributed by atoms with Gasteiger partial charge in [-0.3, -0.25) is 10.1 Å². The van der Waals surface area contributed by atoms with Gasteiger partial charge < -0.3 is 0 Å². The maximum atomic E-state index is 12.1. The van der Waals surface area contributed by atoms with E-state index in [4.69, 9.17) is 0 Å². The summed E-state index contributed by atoms with van der Waals surface area (Å²) in [4.78, 5) is 10.5. The number of hydrogen-bond donors (Lipinski definition) is 0. The molecule has 0 fully saturated rings. The molecule has 1 unspecified atom stereocenters. The Morgan fingerprint density at radius 3 is 2.50 bits per heavy atom. The van der Waals surface area contributed by atoms with Crippen LogP contribution in [-0.2, 0) is 10.0 Å². The van der Waals surface area contributed by atoms with Crippen molar-refractivity contribution >= 4 is 21.4 Å². The summed E-state index contributed by atoms with van der Waals surface area (Å²) in [5.41, 5.74) is 1.94. The fourth-order valence-corrected chi connectivity index (χ4v) is 3.60. The zero-order valence-electron chi connectivity index (χ0n) is 12.9. The topological polar surface area (TPSA) is 92.9 Å². The summed E-state index contributed by atoms with van der Waals surface area (Å²) in [6.45, 7) is 0. The molecule has 7 nitrogen and oxygen atoms in total. The first-order valence-electron chi connectivity index (χ1n) is 7.23. The van der Waals surface area contributed by atoms with E-state index in [0.29, 0.717) is 17.7 Å². The van der Waals surface area contributed by atoms with Gasteiger partial charge in [0.2, 0.25) is 10.0 Å². The Morgan fingerprint density at radius 1 is 1.17 bits per heavy atom. The molecule has 0 N–H and O–H groups in total. The van der Waals surface area contributed by atoms with Gasteiger partial charge in [-0.1, -0.05) is 42.5 Å². The third kappa shape index (κ3) is 3.13. The number of non-ortho nitro benzene ring substituents is 1. The molecule has 1 aliphatic heterocycles. The van der Waals surface area contributed by atoms with E-state index in [1.54, 1.807) is 12.1 Å². The monoisotopic (exact) mass is 345 g/mol. The molecule has 0 radical (unpaired) electrons. The SMILES string of the molecule is CS(=O)(=O)N1N=C(c2ccccc2)CC1c1cccc([N+](=O)[O-])c1. The van der Waals surface area contributed by atoms with Gasteiger partial charge in [-0.2, -0.15) is 9.52 Å². The van der Waals surface area contributed by atoms with Crippen LogP contribution in [0.1, 0.15) is 23.6 Å². The molecular weight excluding hydrogens is 330 g/mol. The van der Waals surface area contributed by atoms with Crippen molar-refractivity contribution in [3.8, 4) is 0 Å². The van der Waals surface area contributed by atoms with Gasteiger partial charge in [-0.05, 0) is 11.1 Å². The van der Waals surface area contributed by atoms with Crippen LogP contribution < -0.4 is 0 Å². The van der Waals surface area contributed by atoms with Crippen LogP contribution in [0.25, 0.3) is 0 Å². The summed E-state index contributed by atoms with van der Waals surface area (Å²) < 4.78 is 25.2. The Labute approximate surface area is 139 Å². The zero-order chi connectivity index (χ0) is 17.3. The zero-order valence-corrected chi connectivity index (χ0v) is 13.7. The van der Waals surface area contributed by atoms with E-state index in [1.807, 2.05) is 30.3 Å². The Hall–Kier alpha value is -2.74. The van der Waals surface area contributed by atoms with Crippen molar-refractivity contribution in [1.29, 1.82) is 0 Å². The molecule has 0 aliphatic carbocycles. The summed E-state index contributed by atoms with van der Waals surface area (Å²) in [7, 11) is -3.60. The lowest BCUT2D eigenvalue weighted by Crippen LogP contribution is -2.25. The van der Waals surface area contributed by atoms with Gasteiger partial charge >= 0.3 is 0 Å². The highest BCUT2D eigenvalue weighted by Gasteiger charge is 2.35. The lowest BCUT2D eigenvalue weighted by atomic mass is 9.99.